The molecule has 0 aromatic heterocycles. The molecule has 0 bridgehead atoms. The number of hydrogen-bond donors (Lipinski definition) is 2. The van der Waals surface area contributed by atoms with E-state index in [0.717, 1.165) is 31.7 Å². The topological polar surface area (TPSA) is 58.2 Å². The average molecular weight is 252 g/mol. The maximum absolute atomic E-state index is 11.8. The second-order valence-corrected chi connectivity index (χ2v) is 5.60. The van der Waals surface area contributed by atoms with Crippen molar-refractivity contribution < 1.29 is 9.59 Å². The lowest BCUT2D eigenvalue weighted by atomic mass is 9.86. The summed E-state index contributed by atoms with van der Waals surface area (Å²) in [4.78, 5) is 23.3. The van der Waals surface area contributed by atoms with Crippen molar-refractivity contribution in [1.82, 2.24) is 10.6 Å². The number of carbonyl (C=O) groups is 2. The number of amides is 2. The van der Waals surface area contributed by atoms with Gasteiger partial charge in [0.25, 0.3) is 0 Å². The highest BCUT2D eigenvalue weighted by Gasteiger charge is 2.23. The molecule has 1 atom stereocenters. The van der Waals surface area contributed by atoms with E-state index < -0.39 is 0 Å². The van der Waals surface area contributed by atoms with Crippen LogP contribution >= 0.6 is 0 Å². The zero-order valence-corrected chi connectivity index (χ0v) is 11.0. The Morgan fingerprint density at radius 1 is 1.17 bits per heavy atom. The molecule has 102 valence electrons. The van der Waals surface area contributed by atoms with Gasteiger partial charge in [-0.3, -0.25) is 9.59 Å². The van der Waals surface area contributed by atoms with Gasteiger partial charge in [-0.25, -0.2) is 0 Å². The van der Waals surface area contributed by atoms with Gasteiger partial charge in [0.05, 0.1) is 0 Å². The number of rotatable bonds is 4. The Bertz CT molecular complexity index is 298. The highest BCUT2D eigenvalue weighted by atomic mass is 16.2. The second kappa shape index (κ2) is 6.76. The summed E-state index contributed by atoms with van der Waals surface area (Å²) in [5, 5.41) is 5.65. The van der Waals surface area contributed by atoms with Gasteiger partial charge in [-0.1, -0.05) is 32.1 Å². The predicted molar refractivity (Wildman–Crippen MR) is 70.0 cm³/mol. The van der Waals surface area contributed by atoms with Gasteiger partial charge in [-0.05, 0) is 25.2 Å². The molecule has 2 amide bonds. The molecule has 1 heterocycles. The van der Waals surface area contributed by atoms with E-state index in [1.54, 1.807) is 0 Å². The molecule has 1 unspecified atom stereocenters. The molecule has 4 heteroatoms. The highest BCUT2D eigenvalue weighted by molar-refractivity contribution is 5.88. The van der Waals surface area contributed by atoms with E-state index in [1.165, 1.54) is 32.1 Å². The molecular formula is C14H24N2O2. The van der Waals surface area contributed by atoms with Crippen LogP contribution in [0.5, 0.6) is 0 Å². The fourth-order valence-corrected chi connectivity index (χ4v) is 2.99. The summed E-state index contributed by atoms with van der Waals surface area (Å²) in [5.74, 6) is 0.750. The van der Waals surface area contributed by atoms with Gasteiger partial charge < -0.3 is 10.6 Å². The maximum Gasteiger partial charge on any atom is 0.242 e. The maximum atomic E-state index is 11.8. The molecule has 2 rings (SSSR count). The van der Waals surface area contributed by atoms with Crippen molar-refractivity contribution in [2.45, 2.75) is 63.8 Å². The molecule has 1 aliphatic carbocycles. The van der Waals surface area contributed by atoms with Gasteiger partial charge in [0, 0.05) is 13.0 Å². The number of nitrogens with one attached hydrogen (secondary N) is 2. The Hall–Kier alpha value is -1.06. The first kappa shape index (κ1) is 13.4. The summed E-state index contributed by atoms with van der Waals surface area (Å²) in [5.41, 5.74) is 0. The summed E-state index contributed by atoms with van der Waals surface area (Å²) in [6.07, 6.45) is 9.84. The van der Waals surface area contributed by atoms with Crippen molar-refractivity contribution in [2.75, 3.05) is 6.54 Å². The van der Waals surface area contributed by atoms with Crippen LogP contribution in [0.25, 0.3) is 0 Å². The Kier molecular flexibility index (Phi) is 5.02. The van der Waals surface area contributed by atoms with E-state index in [2.05, 4.69) is 10.6 Å². The lowest BCUT2D eigenvalue weighted by Gasteiger charge is -2.24. The SMILES string of the molecule is O=C(CCC1CCCCC1)NC1CCCNC1=O. The van der Waals surface area contributed by atoms with Crippen LogP contribution < -0.4 is 10.6 Å². The van der Waals surface area contributed by atoms with Crippen molar-refractivity contribution in [3.63, 3.8) is 0 Å². The van der Waals surface area contributed by atoms with Crippen molar-refractivity contribution in [1.29, 1.82) is 0 Å². The molecule has 0 spiro atoms. The van der Waals surface area contributed by atoms with E-state index in [4.69, 9.17) is 0 Å². The van der Waals surface area contributed by atoms with E-state index in [0.29, 0.717) is 6.42 Å². The highest BCUT2D eigenvalue weighted by Crippen LogP contribution is 2.27. The quantitative estimate of drug-likeness (QED) is 0.800. The van der Waals surface area contributed by atoms with Crippen LogP contribution in [-0.2, 0) is 9.59 Å². The minimum absolute atomic E-state index is 0.0210. The van der Waals surface area contributed by atoms with Crippen LogP contribution in [0.15, 0.2) is 0 Å². The number of carbonyl (C=O) groups excluding carboxylic acids is 2. The minimum atomic E-state index is -0.294. The van der Waals surface area contributed by atoms with E-state index in [9.17, 15) is 9.59 Å². The van der Waals surface area contributed by atoms with Crippen LogP contribution in [0.1, 0.15) is 57.8 Å². The molecule has 0 aromatic rings. The lowest BCUT2D eigenvalue weighted by molar-refractivity contribution is -0.130. The molecule has 1 aliphatic heterocycles. The molecule has 2 fully saturated rings. The molecule has 0 aromatic carbocycles. The third kappa shape index (κ3) is 4.00. The standard InChI is InChI=1S/C14H24N2O2/c17-13(9-8-11-5-2-1-3-6-11)16-12-7-4-10-15-14(12)18/h11-12H,1-10H2,(H,15,18)(H,16,17). The van der Waals surface area contributed by atoms with Crippen molar-refractivity contribution in [3.8, 4) is 0 Å². The van der Waals surface area contributed by atoms with Gasteiger partial charge in [0.2, 0.25) is 11.8 Å². The van der Waals surface area contributed by atoms with E-state index >= 15 is 0 Å². The third-order valence-corrected chi connectivity index (χ3v) is 4.12. The van der Waals surface area contributed by atoms with Gasteiger partial charge in [0.1, 0.15) is 6.04 Å². The molecule has 2 aliphatic rings. The van der Waals surface area contributed by atoms with Gasteiger partial charge in [0.15, 0.2) is 0 Å². The monoisotopic (exact) mass is 252 g/mol. The summed E-state index contributed by atoms with van der Waals surface area (Å²) in [6, 6.07) is -0.294. The summed E-state index contributed by atoms with van der Waals surface area (Å²) in [7, 11) is 0. The Labute approximate surface area is 109 Å². The lowest BCUT2D eigenvalue weighted by Crippen LogP contribution is -2.50. The van der Waals surface area contributed by atoms with E-state index in [-0.39, 0.29) is 17.9 Å². The fraction of sp³-hybridized carbons (Fsp3) is 0.857. The zero-order chi connectivity index (χ0) is 12.8. The first-order chi connectivity index (χ1) is 8.75. The van der Waals surface area contributed by atoms with Gasteiger partial charge >= 0.3 is 0 Å². The summed E-state index contributed by atoms with van der Waals surface area (Å²) in [6.45, 7) is 0.743. The Morgan fingerprint density at radius 2 is 1.94 bits per heavy atom. The molecule has 2 N–H and O–H groups in total. The van der Waals surface area contributed by atoms with Crippen LogP contribution in [0.2, 0.25) is 0 Å². The zero-order valence-electron chi connectivity index (χ0n) is 11.0. The second-order valence-electron chi connectivity index (χ2n) is 5.60. The van der Waals surface area contributed by atoms with Crippen LogP contribution in [0.3, 0.4) is 0 Å². The van der Waals surface area contributed by atoms with Crippen LogP contribution in [0.4, 0.5) is 0 Å². The number of hydrogen-bond acceptors (Lipinski definition) is 2. The smallest absolute Gasteiger partial charge is 0.242 e. The summed E-state index contributed by atoms with van der Waals surface area (Å²) < 4.78 is 0. The van der Waals surface area contributed by atoms with Crippen molar-refractivity contribution >= 4 is 11.8 Å². The van der Waals surface area contributed by atoms with E-state index in [1.807, 2.05) is 0 Å². The van der Waals surface area contributed by atoms with Gasteiger partial charge in [-0.2, -0.15) is 0 Å². The molecule has 4 nitrogen and oxygen atoms in total. The van der Waals surface area contributed by atoms with Crippen molar-refractivity contribution in [3.05, 3.63) is 0 Å². The Balaban J connectivity index is 1.66. The minimum Gasteiger partial charge on any atom is -0.354 e. The fourth-order valence-electron chi connectivity index (χ4n) is 2.99. The largest absolute Gasteiger partial charge is 0.354 e. The molecular weight excluding hydrogens is 228 g/mol. The molecule has 1 saturated heterocycles. The normalized spacial score (nSPS) is 25.6. The molecule has 18 heavy (non-hydrogen) atoms. The summed E-state index contributed by atoms with van der Waals surface area (Å²) >= 11 is 0. The first-order valence-corrected chi connectivity index (χ1v) is 7.33. The van der Waals surface area contributed by atoms with Crippen LogP contribution in [-0.4, -0.2) is 24.4 Å². The predicted octanol–water partition coefficient (Wildman–Crippen LogP) is 1.74. The number of piperidine rings is 1. The third-order valence-electron chi connectivity index (χ3n) is 4.12. The Morgan fingerprint density at radius 3 is 2.67 bits per heavy atom. The molecule has 0 radical (unpaired) electrons. The molecule has 1 saturated carbocycles. The van der Waals surface area contributed by atoms with Gasteiger partial charge in [-0.15, -0.1) is 0 Å². The van der Waals surface area contributed by atoms with Crippen LogP contribution in [0, 0.1) is 5.92 Å². The average Bonchev–Trinajstić information content (AvgIpc) is 2.40. The first-order valence-electron chi connectivity index (χ1n) is 7.33. The van der Waals surface area contributed by atoms with Crippen molar-refractivity contribution in [2.24, 2.45) is 5.92 Å².